The normalized spacial score (nSPS) is 16.7. The Morgan fingerprint density at radius 1 is 1.19 bits per heavy atom. The highest BCUT2D eigenvalue weighted by Crippen LogP contribution is 2.16. The molecule has 2 aromatic rings. The lowest BCUT2D eigenvalue weighted by Gasteiger charge is -2.32. The van der Waals surface area contributed by atoms with Crippen molar-refractivity contribution in [3.63, 3.8) is 0 Å². The lowest BCUT2D eigenvalue weighted by atomic mass is 10.1. The van der Waals surface area contributed by atoms with E-state index in [1.54, 1.807) is 26.0 Å². The van der Waals surface area contributed by atoms with Gasteiger partial charge in [-0.05, 0) is 42.3 Å². The van der Waals surface area contributed by atoms with Gasteiger partial charge in [-0.3, -0.25) is 9.79 Å². The summed E-state index contributed by atoms with van der Waals surface area (Å²) in [5.41, 5.74) is 2.89. The molecule has 8 heteroatoms. The number of aromatic nitrogens is 1. The van der Waals surface area contributed by atoms with Crippen LogP contribution in [0.3, 0.4) is 0 Å². The zero-order valence-electron chi connectivity index (χ0n) is 18.8. The maximum atomic E-state index is 12.0. The van der Waals surface area contributed by atoms with E-state index in [1.807, 2.05) is 36.5 Å². The summed E-state index contributed by atoms with van der Waals surface area (Å²) in [6, 6.07) is 11.7. The molecule has 3 rings (SSSR count). The van der Waals surface area contributed by atoms with Gasteiger partial charge in [-0.1, -0.05) is 12.1 Å². The number of amides is 1. The van der Waals surface area contributed by atoms with Crippen LogP contribution in [0.4, 0.5) is 5.82 Å². The molecule has 166 valence electrons. The minimum absolute atomic E-state index is 0.000224. The van der Waals surface area contributed by atoms with Gasteiger partial charge in [0.25, 0.3) is 5.91 Å². The van der Waals surface area contributed by atoms with Crippen molar-refractivity contribution in [2.45, 2.75) is 26.1 Å². The molecule has 1 aliphatic rings. The number of morpholine rings is 1. The smallest absolute Gasteiger partial charge is 0.253 e. The van der Waals surface area contributed by atoms with E-state index >= 15 is 0 Å². The zero-order valence-corrected chi connectivity index (χ0v) is 18.8. The fourth-order valence-electron chi connectivity index (χ4n) is 3.39. The number of guanidine groups is 1. The van der Waals surface area contributed by atoms with Crippen molar-refractivity contribution >= 4 is 17.7 Å². The molecule has 1 aromatic carbocycles. The van der Waals surface area contributed by atoms with Gasteiger partial charge in [0.05, 0.1) is 12.7 Å². The summed E-state index contributed by atoms with van der Waals surface area (Å²) in [4.78, 5) is 24.6. The summed E-state index contributed by atoms with van der Waals surface area (Å²) in [6.07, 6.45) is 2.06. The van der Waals surface area contributed by atoms with Crippen LogP contribution in [0.1, 0.15) is 28.4 Å². The third-order valence-corrected chi connectivity index (χ3v) is 5.13. The quantitative estimate of drug-likeness (QED) is 0.544. The number of rotatable bonds is 6. The van der Waals surface area contributed by atoms with Gasteiger partial charge in [0.1, 0.15) is 5.82 Å². The van der Waals surface area contributed by atoms with Gasteiger partial charge in [-0.25, -0.2) is 4.98 Å². The highest BCUT2D eigenvalue weighted by Gasteiger charge is 2.18. The van der Waals surface area contributed by atoms with Gasteiger partial charge >= 0.3 is 0 Å². The third-order valence-electron chi connectivity index (χ3n) is 5.13. The van der Waals surface area contributed by atoms with Crippen LogP contribution >= 0.6 is 0 Å². The largest absolute Gasteiger partial charge is 0.375 e. The minimum Gasteiger partial charge on any atom is -0.375 e. The third kappa shape index (κ3) is 6.42. The Kier molecular flexibility index (Phi) is 7.83. The molecule has 2 heterocycles. The van der Waals surface area contributed by atoms with Crippen LogP contribution in [0, 0.1) is 0 Å². The average Bonchev–Trinajstić information content (AvgIpc) is 2.79. The molecule has 1 amide bonds. The first-order chi connectivity index (χ1) is 15.0. The number of hydrogen-bond donors (Lipinski definition) is 2. The summed E-state index contributed by atoms with van der Waals surface area (Å²) < 4.78 is 5.62. The van der Waals surface area contributed by atoms with E-state index < -0.39 is 0 Å². The number of aliphatic imine (C=N–C) groups is 1. The van der Waals surface area contributed by atoms with Crippen molar-refractivity contribution in [1.29, 1.82) is 0 Å². The molecule has 1 fully saturated rings. The van der Waals surface area contributed by atoms with Crippen molar-refractivity contribution in [2.24, 2.45) is 4.99 Å². The van der Waals surface area contributed by atoms with E-state index in [9.17, 15) is 4.79 Å². The van der Waals surface area contributed by atoms with Crippen LogP contribution in [0.5, 0.6) is 0 Å². The summed E-state index contributed by atoms with van der Waals surface area (Å²) >= 11 is 0. The lowest BCUT2D eigenvalue weighted by molar-refractivity contribution is 0.0529. The van der Waals surface area contributed by atoms with E-state index in [0.29, 0.717) is 24.6 Å². The summed E-state index contributed by atoms with van der Waals surface area (Å²) in [5, 5.41) is 6.66. The second-order valence-corrected chi connectivity index (χ2v) is 7.83. The Morgan fingerprint density at radius 3 is 2.55 bits per heavy atom. The Bertz CT molecular complexity index is 897. The number of nitrogens with one attached hydrogen (secondary N) is 2. The molecule has 2 N–H and O–H groups in total. The zero-order chi connectivity index (χ0) is 22.2. The van der Waals surface area contributed by atoms with Crippen molar-refractivity contribution < 1.29 is 9.53 Å². The first-order valence-electron chi connectivity index (χ1n) is 10.5. The van der Waals surface area contributed by atoms with Gasteiger partial charge in [-0.15, -0.1) is 0 Å². The number of ether oxygens (including phenoxy) is 1. The molecular formula is C23H32N6O2. The monoisotopic (exact) mass is 424 g/mol. The topological polar surface area (TPSA) is 82.1 Å². The summed E-state index contributed by atoms with van der Waals surface area (Å²) in [6.45, 7) is 5.78. The molecule has 1 atom stereocenters. The highest BCUT2D eigenvalue weighted by molar-refractivity contribution is 5.93. The molecule has 0 bridgehead atoms. The first-order valence-corrected chi connectivity index (χ1v) is 10.5. The predicted molar refractivity (Wildman–Crippen MR) is 123 cm³/mol. The van der Waals surface area contributed by atoms with E-state index in [4.69, 9.17) is 4.74 Å². The van der Waals surface area contributed by atoms with Gasteiger partial charge < -0.3 is 25.2 Å². The van der Waals surface area contributed by atoms with E-state index in [0.717, 1.165) is 36.6 Å². The van der Waals surface area contributed by atoms with Crippen molar-refractivity contribution in [1.82, 2.24) is 20.5 Å². The molecule has 0 radical (unpaired) electrons. The molecular weight excluding hydrogens is 392 g/mol. The minimum atomic E-state index is 0.000224. The Hall–Kier alpha value is -3.13. The molecule has 1 unspecified atom stereocenters. The number of pyridine rings is 1. The van der Waals surface area contributed by atoms with E-state index in [-0.39, 0.29) is 12.0 Å². The van der Waals surface area contributed by atoms with Gasteiger partial charge in [0.15, 0.2) is 5.96 Å². The molecule has 1 aromatic heterocycles. The number of hydrogen-bond acceptors (Lipinski definition) is 5. The van der Waals surface area contributed by atoms with Crippen LogP contribution in [-0.2, 0) is 17.8 Å². The van der Waals surface area contributed by atoms with E-state index in [1.165, 1.54) is 0 Å². The molecule has 31 heavy (non-hydrogen) atoms. The Balaban J connectivity index is 1.52. The number of benzene rings is 1. The van der Waals surface area contributed by atoms with Crippen LogP contribution in [0.25, 0.3) is 0 Å². The van der Waals surface area contributed by atoms with Gasteiger partial charge in [0.2, 0.25) is 0 Å². The number of nitrogens with zero attached hydrogens (tertiary/aromatic N) is 4. The molecule has 0 spiro atoms. The lowest BCUT2D eigenvalue weighted by Crippen LogP contribution is -2.41. The van der Waals surface area contributed by atoms with Gasteiger partial charge in [-0.2, -0.15) is 0 Å². The van der Waals surface area contributed by atoms with Crippen molar-refractivity contribution in [3.05, 3.63) is 59.3 Å². The van der Waals surface area contributed by atoms with Gasteiger partial charge in [0, 0.05) is 59.1 Å². The van der Waals surface area contributed by atoms with Crippen LogP contribution < -0.4 is 15.5 Å². The standard InChI is InChI=1S/C23H32N6O2/c1-17-16-29(11-12-31-17)21-13-19(9-10-25-21)15-27-23(24-2)26-14-18-5-7-20(8-6-18)22(30)28(3)4/h5-10,13,17H,11-12,14-16H2,1-4H3,(H2,24,26,27). The molecule has 1 aliphatic heterocycles. The number of anilines is 1. The Morgan fingerprint density at radius 2 is 1.90 bits per heavy atom. The van der Waals surface area contributed by atoms with Crippen LogP contribution in [0.15, 0.2) is 47.6 Å². The van der Waals surface area contributed by atoms with Crippen molar-refractivity contribution in [2.75, 3.05) is 45.7 Å². The van der Waals surface area contributed by atoms with Crippen LogP contribution in [-0.4, -0.2) is 68.7 Å². The number of carbonyl (C=O) groups is 1. The fraction of sp³-hybridized carbons (Fsp3) is 0.435. The number of carbonyl (C=O) groups excluding carboxylic acids is 1. The predicted octanol–water partition coefficient (Wildman–Crippen LogP) is 1.87. The Labute approximate surface area is 184 Å². The second kappa shape index (κ2) is 10.8. The maximum absolute atomic E-state index is 12.0. The SMILES string of the molecule is CN=C(NCc1ccc(C(=O)N(C)C)cc1)NCc1ccnc(N2CCOC(C)C2)c1. The summed E-state index contributed by atoms with van der Waals surface area (Å²) in [5.74, 6) is 1.69. The van der Waals surface area contributed by atoms with Crippen molar-refractivity contribution in [3.8, 4) is 0 Å². The second-order valence-electron chi connectivity index (χ2n) is 7.83. The first kappa shape index (κ1) is 22.6. The molecule has 0 aliphatic carbocycles. The summed E-state index contributed by atoms with van der Waals surface area (Å²) in [7, 11) is 5.25. The van der Waals surface area contributed by atoms with Crippen LogP contribution in [0.2, 0.25) is 0 Å². The highest BCUT2D eigenvalue weighted by atomic mass is 16.5. The molecule has 8 nitrogen and oxygen atoms in total. The van der Waals surface area contributed by atoms with E-state index in [2.05, 4.69) is 38.5 Å². The average molecular weight is 425 g/mol. The molecule has 0 saturated carbocycles. The molecule has 1 saturated heterocycles. The fourth-order valence-corrected chi connectivity index (χ4v) is 3.39. The maximum Gasteiger partial charge on any atom is 0.253 e.